The molecule has 0 fully saturated rings. The number of benzene rings is 3. The SMILES string of the molecule is CCOc1cc(/C=C(\C#N)C(=O)Nc2ccc(Cl)c([N+](=O)[O-])c2)ccc1OCc1ccc(Cl)c(Cl)c1. The Morgan fingerprint density at radius 3 is 2.44 bits per heavy atom. The Morgan fingerprint density at radius 1 is 1.03 bits per heavy atom. The molecule has 0 spiro atoms. The Labute approximate surface area is 221 Å². The van der Waals surface area contributed by atoms with Crippen LogP contribution in [0, 0.1) is 21.4 Å². The fourth-order valence-corrected chi connectivity index (χ4v) is 3.54. The smallest absolute Gasteiger partial charge is 0.289 e. The van der Waals surface area contributed by atoms with Gasteiger partial charge in [-0.05, 0) is 60.5 Å². The molecule has 0 saturated heterocycles. The van der Waals surface area contributed by atoms with Crippen molar-refractivity contribution in [3.8, 4) is 17.6 Å². The summed E-state index contributed by atoms with van der Waals surface area (Å²) in [6.45, 7) is 2.38. The number of nitrogens with one attached hydrogen (secondary N) is 1. The molecule has 0 radical (unpaired) electrons. The van der Waals surface area contributed by atoms with Gasteiger partial charge in [0.2, 0.25) is 0 Å². The number of nitro groups is 1. The highest BCUT2D eigenvalue weighted by Gasteiger charge is 2.16. The molecule has 3 aromatic rings. The summed E-state index contributed by atoms with van der Waals surface area (Å²) < 4.78 is 11.5. The Balaban J connectivity index is 1.80. The molecular formula is C25H18Cl3N3O5. The number of amides is 1. The molecular weight excluding hydrogens is 529 g/mol. The highest BCUT2D eigenvalue weighted by Crippen LogP contribution is 2.31. The van der Waals surface area contributed by atoms with E-state index >= 15 is 0 Å². The predicted octanol–water partition coefficient (Wildman–Crippen LogP) is 7.08. The summed E-state index contributed by atoms with van der Waals surface area (Å²) >= 11 is 17.8. The fraction of sp³-hybridized carbons (Fsp3) is 0.120. The summed E-state index contributed by atoms with van der Waals surface area (Å²) in [5.74, 6) is 0.126. The van der Waals surface area contributed by atoms with Gasteiger partial charge in [0.15, 0.2) is 11.5 Å². The third kappa shape index (κ3) is 6.89. The Morgan fingerprint density at radius 2 is 1.78 bits per heavy atom. The summed E-state index contributed by atoms with van der Waals surface area (Å²) in [6.07, 6.45) is 1.37. The zero-order valence-electron chi connectivity index (χ0n) is 18.8. The summed E-state index contributed by atoms with van der Waals surface area (Å²) in [5, 5.41) is 23.8. The van der Waals surface area contributed by atoms with Crippen LogP contribution in [0.4, 0.5) is 11.4 Å². The minimum Gasteiger partial charge on any atom is -0.490 e. The van der Waals surface area contributed by atoms with Gasteiger partial charge in [0.05, 0.1) is 21.6 Å². The van der Waals surface area contributed by atoms with Crippen molar-refractivity contribution in [2.45, 2.75) is 13.5 Å². The van der Waals surface area contributed by atoms with Crippen LogP contribution in [0.15, 0.2) is 60.2 Å². The van der Waals surface area contributed by atoms with Gasteiger partial charge in [0.1, 0.15) is 23.3 Å². The van der Waals surface area contributed by atoms with Crippen LogP contribution in [0.3, 0.4) is 0 Å². The van der Waals surface area contributed by atoms with E-state index in [1.54, 1.807) is 36.4 Å². The minimum absolute atomic E-state index is 0.0704. The average Bonchev–Trinajstić information content (AvgIpc) is 2.85. The molecule has 0 bridgehead atoms. The molecule has 0 saturated carbocycles. The van der Waals surface area contributed by atoms with E-state index in [1.165, 1.54) is 18.2 Å². The molecule has 11 heteroatoms. The lowest BCUT2D eigenvalue weighted by Gasteiger charge is -2.13. The van der Waals surface area contributed by atoms with Gasteiger partial charge in [0.25, 0.3) is 11.6 Å². The van der Waals surface area contributed by atoms with Crippen LogP contribution < -0.4 is 14.8 Å². The highest BCUT2D eigenvalue weighted by molar-refractivity contribution is 6.42. The van der Waals surface area contributed by atoms with E-state index in [9.17, 15) is 20.2 Å². The molecule has 3 rings (SSSR count). The predicted molar refractivity (Wildman–Crippen MR) is 139 cm³/mol. The van der Waals surface area contributed by atoms with Crippen LogP contribution in [0.1, 0.15) is 18.1 Å². The monoisotopic (exact) mass is 545 g/mol. The molecule has 1 amide bonds. The molecule has 0 aromatic heterocycles. The molecule has 0 atom stereocenters. The topological polar surface area (TPSA) is 114 Å². The van der Waals surface area contributed by atoms with Crippen molar-refractivity contribution in [1.29, 1.82) is 5.26 Å². The average molecular weight is 547 g/mol. The zero-order chi connectivity index (χ0) is 26.2. The van der Waals surface area contributed by atoms with Gasteiger partial charge in [-0.25, -0.2) is 0 Å². The number of rotatable bonds is 9. The van der Waals surface area contributed by atoms with E-state index in [0.29, 0.717) is 33.7 Å². The van der Waals surface area contributed by atoms with Crippen molar-refractivity contribution < 1.29 is 19.2 Å². The minimum atomic E-state index is -0.743. The third-order valence-electron chi connectivity index (χ3n) is 4.72. The van der Waals surface area contributed by atoms with Crippen molar-refractivity contribution in [3.05, 3.63) is 96.5 Å². The van der Waals surface area contributed by atoms with Gasteiger partial charge in [-0.3, -0.25) is 14.9 Å². The number of hydrogen-bond donors (Lipinski definition) is 1. The van der Waals surface area contributed by atoms with E-state index in [1.807, 2.05) is 13.0 Å². The first-order chi connectivity index (χ1) is 17.2. The first kappa shape index (κ1) is 26.8. The first-order valence-electron chi connectivity index (χ1n) is 10.4. The maximum Gasteiger partial charge on any atom is 0.289 e. The van der Waals surface area contributed by atoms with Crippen molar-refractivity contribution in [2.24, 2.45) is 0 Å². The van der Waals surface area contributed by atoms with Gasteiger partial charge in [-0.2, -0.15) is 5.26 Å². The molecule has 0 aliphatic carbocycles. The van der Waals surface area contributed by atoms with Gasteiger partial charge in [0, 0.05) is 11.8 Å². The Hall–Kier alpha value is -3.77. The van der Waals surface area contributed by atoms with Crippen molar-refractivity contribution in [1.82, 2.24) is 0 Å². The van der Waals surface area contributed by atoms with E-state index in [0.717, 1.165) is 11.6 Å². The Bertz CT molecular complexity index is 1390. The lowest BCUT2D eigenvalue weighted by molar-refractivity contribution is -0.384. The van der Waals surface area contributed by atoms with Crippen molar-refractivity contribution >= 4 is 58.2 Å². The Kier molecular flexibility index (Phi) is 9.14. The molecule has 3 aromatic carbocycles. The van der Waals surface area contributed by atoms with Gasteiger partial charge in [-0.15, -0.1) is 0 Å². The molecule has 36 heavy (non-hydrogen) atoms. The van der Waals surface area contributed by atoms with E-state index in [2.05, 4.69) is 5.32 Å². The second kappa shape index (κ2) is 12.3. The number of carbonyl (C=O) groups excluding carboxylic acids is 1. The second-order valence-corrected chi connectivity index (χ2v) is 8.45. The van der Waals surface area contributed by atoms with Crippen LogP contribution in [0.25, 0.3) is 6.08 Å². The number of carbonyl (C=O) groups is 1. The summed E-state index contributed by atoms with van der Waals surface area (Å²) in [6, 6.07) is 15.7. The number of nitro benzene ring substituents is 1. The van der Waals surface area contributed by atoms with Crippen LogP contribution in [0.5, 0.6) is 11.5 Å². The lowest BCUT2D eigenvalue weighted by Crippen LogP contribution is -2.13. The second-order valence-electron chi connectivity index (χ2n) is 7.22. The number of anilines is 1. The molecule has 0 heterocycles. The van der Waals surface area contributed by atoms with E-state index in [4.69, 9.17) is 44.3 Å². The molecule has 8 nitrogen and oxygen atoms in total. The largest absolute Gasteiger partial charge is 0.490 e. The van der Waals surface area contributed by atoms with Crippen LogP contribution >= 0.6 is 34.8 Å². The lowest BCUT2D eigenvalue weighted by atomic mass is 10.1. The standard InChI is InChI=1S/C25H18Cl3N3O5/c1-2-35-24-11-15(4-8-23(24)36-14-16-3-6-19(26)21(28)10-16)9-17(13-29)25(32)30-18-5-7-20(27)22(12-18)31(33)34/h3-12H,2,14H2,1H3,(H,30,32)/b17-9+. The number of ether oxygens (including phenoxy) is 2. The van der Waals surface area contributed by atoms with Gasteiger partial charge in [-0.1, -0.05) is 46.9 Å². The maximum atomic E-state index is 12.6. The van der Waals surface area contributed by atoms with Gasteiger partial charge < -0.3 is 14.8 Å². The molecule has 0 aliphatic heterocycles. The summed E-state index contributed by atoms with van der Waals surface area (Å²) in [7, 11) is 0. The quantitative estimate of drug-likeness (QED) is 0.133. The highest BCUT2D eigenvalue weighted by atomic mass is 35.5. The van der Waals surface area contributed by atoms with Crippen LogP contribution in [0.2, 0.25) is 15.1 Å². The first-order valence-corrected chi connectivity index (χ1v) is 11.6. The molecule has 184 valence electrons. The van der Waals surface area contributed by atoms with Crippen molar-refractivity contribution in [3.63, 3.8) is 0 Å². The van der Waals surface area contributed by atoms with Crippen LogP contribution in [-0.4, -0.2) is 17.4 Å². The van der Waals surface area contributed by atoms with Crippen LogP contribution in [-0.2, 0) is 11.4 Å². The summed E-state index contributed by atoms with van der Waals surface area (Å²) in [5.41, 5.74) is 0.850. The molecule has 1 N–H and O–H groups in total. The van der Waals surface area contributed by atoms with Crippen molar-refractivity contribution in [2.75, 3.05) is 11.9 Å². The maximum absolute atomic E-state index is 12.6. The fourth-order valence-electron chi connectivity index (χ4n) is 3.04. The van der Waals surface area contributed by atoms with Gasteiger partial charge >= 0.3 is 0 Å². The molecule has 0 unspecified atom stereocenters. The van der Waals surface area contributed by atoms with E-state index < -0.39 is 10.8 Å². The zero-order valence-corrected chi connectivity index (χ0v) is 21.0. The summed E-state index contributed by atoms with van der Waals surface area (Å²) in [4.78, 5) is 23.0. The number of halogens is 3. The normalized spacial score (nSPS) is 10.9. The number of nitrogens with zero attached hydrogens (tertiary/aromatic N) is 2. The molecule has 0 aliphatic rings. The van der Waals surface area contributed by atoms with E-state index in [-0.39, 0.29) is 28.6 Å². The number of hydrogen-bond acceptors (Lipinski definition) is 6. The third-order valence-corrected chi connectivity index (χ3v) is 5.78. The number of nitriles is 1.